The number of amides is 1. The predicted octanol–water partition coefficient (Wildman–Crippen LogP) is 5.40. The van der Waals surface area contributed by atoms with Gasteiger partial charge in [-0.25, -0.2) is 17.8 Å². The van der Waals surface area contributed by atoms with Gasteiger partial charge in [-0.3, -0.25) is 14.0 Å². The van der Waals surface area contributed by atoms with Crippen LogP contribution in [-0.2, 0) is 21.2 Å². The molecule has 0 bridgehead atoms. The molecule has 0 aliphatic carbocycles. The number of aromatic nitrogens is 1. The first-order chi connectivity index (χ1) is 18.4. The van der Waals surface area contributed by atoms with E-state index in [9.17, 15) is 17.6 Å². The Morgan fingerprint density at radius 3 is 2.66 bits per heavy atom. The van der Waals surface area contributed by atoms with Gasteiger partial charge in [0.15, 0.2) is 5.13 Å². The van der Waals surface area contributed by atoms with Crippen LogP contribution in [0.3, 0.4) is 0 Å². The monoisotopic (exact) mass is 551 g/mol. The number of sulfonamides is 1. The number of thiazole rings is 1. The van der Waals surface area contributed by atoms with Gasteiger partial charge in [0.1, 0.15) is 11.3 Å². The number of hydrogen-bond donors (Lipinski definition) is 0. The van der Waals surface area contributed by atoms with Crippen LogP contribution in [0, 0.1) is 5.82 Å². The minimum absolute atomic E-state index is 0.124. The van der Waals surface area contributed by atoms with E-state index in [0.717, 1.165) is 31.2 Å². The number of carbonyl (C=O) groups is 1. The minimum Gasteiger partial charge on any atom is -0.376 e. The van der Waals surface area contributed by atoms with E-state index in [2.05, 4.69) is 4.98 Å². The molecule has 3 heterocycles. The van der Waals surface area contributed by atoms with Crippen molar-refractivity contribution in [1.82, 2.24) is 4.98 Å². The molecule has 4 aromatic rings. The number of fused-ring (bicyclic) bond motifs is 2. The fraction of sp³-hybridized carbons (Fsp3) is 0.286. The molecule has 1 fully saturated rings. The number of nitrogens with zero attached hydrogens (tertiary/aromatic N) is 3. The van der Waals surface area contributed by atoms with Crippen molar-refractivity contribution in [2.24, 2.45) is 0 Å². The summed E-state index contributed by atoms with van der Waals surface area (Å²) < 4.78 is 49.3. The molecule has 2 aliphatic rings. The third kappa shape index (κ3) is 4.57. The summed E-state index contributed by atoms with van der Waals surface area (Å²) in [5, 5.41) is 0.382. The van der Waals surface area contributed by atoms with Gasteiger partial charge in [0.2, 0.25) is 0 Å². The van der Waals surface area contributed by atoms with Crippen LogP contribution in [-0.4, -0.2) is 45.1 Å². The van der Waals surface area contributed by atoms with Crippen LogP contribution in [0.25, 0.3) is 10.2 Å². The lowest BCUT2D eigenvalue weighted by molar-refractivity contribution is 0.0917. The minimum atomic E-state index is -3.79. The van der Waals surface area contributed by atoms with Gasteiger partial charge in [-0.2, -0.15) is 0 Å². The Hall–Kier alpha value is -3.34. The van der Waals surface area contributed by atoms with Gasteiger partial charge in [0.25, 0.3) is 15.9 Å². The van der Waals surface area contributed by atoms with Crippen LogP contribution in [0.1, 0.15) is 35.2 Å². The van der Waals surface area contributed by atoms with E-state index in [1.165, 1.54) is 50.9 Å². The lowest BCUT2D eigenvalue weighted by Gasteiger charge is -2.30. The zero-order valence-corrected chi connectivity index (χ0v) is 22.2. The molecule has 1 amide bonds. The third-order valence-corrected chi connectivity index (χ3v) is 9.87. The van der Waals surface area contributed by atoms with E-state index in [4.69, 9.17) is 4.74 Å². The van der Waals surface area contributed by atoms with Gasteiger partial charge in [-0.15, -0.1) is 0 Å². The second kappa shape index (κ2) is 10.1. The zero-order valence-electron chi connectivity index (χ0n) is 20.5. The van der Waals surface area contributed by atoms with Gasteiger partial charge in [0.05, 0.1) is 27.9 Å². The number of anilines is 2. The molecule has 1 atom stereocenters. The number of aryl methyl sites for hydroxylation is 1. The Morgan fingerprint density at radius 1 is 1.08 bits per heavy atom. The molecule has 6 rings (SSSR count). The first-order valence-corrected chi connectivity index (χ1v) is 14.9. The van der Waals surface area contributed by atoms with Gasteiger partial charge in [0, 0.05) is 18.7 Å². The van der Waals surface area contributed by atoms with E-state index < -0.39 is 15.8 Å². The number of para-hydroxylation sites is 2. The molecule has 1 unspecified atom stereocenters. The molecule has 2 aliphatic heterocycles. The van der Waals surface area contributed by atoms with Crippen molar-refractivity contribution in [3.63, 3.8) is 0 Å². The van der Waals surface area contributed by atoms with Gasteiger partial charge in [-0.05, 0) is 73.7 Å². The topological polar surface area (TPSA) is 79.8 Å². The predicted molar refractivity (Wildman–Crippen MR) is 146 cm³/mol. The van der Waals surface area contributed by atoms with Gasteiger partial charge >= 0.3 is 0 Å². The van der Waals surface area contributed by atoms with Crippen LogP contribution >= 0.6 is 11.3 Å². The first kappa shape index (κ1) is 25.0. The molecule has 10 heteroatoms. The molecule has 7 nitrogen and oxygen atoms in total. The maximum absolute atomic E-state index is 14.3. The van der Waals surface area contributed by atoms with Gasteiger partial charge in [-0.1, -0.05) is 35.6 Å². The highest BCUT2D eigenvalue weighted by Gasteiger charge is 2.31. The summed E-state index contributed by atoms with van der Waals surface area (Å²) in [5.74, 6) is -0.782. The lowest BCUT2D eigenvalue weighted by Crippen LogP contribution is -2.37. The molecule has 0 N–H and O–H groups in total. The second-order valence-electron chi connectivity index (χ2n) is 9.47. The van der Waals surface area contributed by atoms with Crippen molar-refractivity contribution in [2.75, 3.05) is 28.9 Å². The van der Waals surface area contributed by atoms with Crippen molar-refractivity contribution in [1.29, 1.82) is 0 Å². The van der Waals surface area contributed by atoms with E-state index in [1.807, 2.05) is 24.3 Å². The Labute approximate surface area is 224 Å². The largest absolute Gasteiger partial charge is 0.376 e. The van der Waals surface area contributed by atoms with Gasteiger partial charge < -0.3 is 4.74 Å². The summed E-state index contributed by atoms with van der Waals surface area (Å²) in [5.41, 5.74) is 2.25. The maximum Gasteiger partial charge on any atom is 0.264 e. The quantitative estimate of drug-likeness (QED) is 0.321. The highest BCUT2D eigenvalue weighted by Crippen LogP contribution is 2.34. The molecule has 1 aromatic heterocycles. The van der Waals surface area contributed by atoms with Crippen molar-refractivity contribution in [3.8, 4) is 0 Å². The van der Waals surface area contributed by atoms with E-state index in [1.54, 1.807) is 12.1 Å². The van der Waals surface area contributed by atoms with E-state index in [-0.39, 0.29) is 29.0 Å². The lowest BCUT2D eigenvalue weighted by atomic mass is 10.0. The van der Waals surface area contributed by atoms with Crippen LogP contribution in [0.5, 0.6) is 0 Å². The fourth-order valence-corrected chi connectivity index (χ4v) is 7.59. The number of carbonyl (C=O) groups excluding carboxylic acids is 1. The third-order valence-electron chi connectivity index (χ3n) is 7.00. The summed E-state index contributed by atoms with van der Waals surface area (Å²) in [7, 11) is -3.79. The molecule has 3 aromatic carbocycles. The van der Waals surface area contributed by atoms with Crippen molar-refractivity contribution < 1.29 is 22.3 Å². The molecule has 0 saturated carbocycles. The van der Waals surface area contributed by atoms with Crippen LogP contribution < -0.4 is 9.21 Å². The number of hydrogen-bond acceptors (Lipinski definition) is 6. The average Bonchev–Trinajstić information content (AvgIpc) is 3.62. The summed E-state index contributed by atoms with van der Waals surface area (Å²) in [6.07, 6.45) is 3.17. The van der Waals surface area contributed by atoms with Crippen molar-refractivity contribution >= 4 is 48.3 Å². The van der Waals surface area contributed by atoms with E-state index in [0.29, 0.717) is 34.2 Å². The molecular formula is C28H26FN3O4S2. The summed E-state index contributed by atoms with van der Waals surface area (Å²) in [6.45, 7) is 1.32. The molecule has 1 saturated heterocycles. The van der Waals surface area contributed by atoms with Crippen LogP contribution in [0.2, 0.25) is 0 Å². The number of rotatable bonds is 6. The second-order valence-corrected chi connectivity index (χ2v) is 12.3. The van der Waals surface area contributed by atoms with Crippen LogP contribution in [0.4, 0.5) is 15.2 Å². The summed E-state index contributed by atoms with van der Waals surface area (Å²) in [4.78, 5) is 19.8. The molecular weight excluding hydrogens is 525 g/mol. The summed E-state index contributed by atoms with van der Waals surface area (Å²) >= 11 is 1.24. The number of benzene rings is 3. The fourth-order valence-electron chi connectivity index (χ4n) is 5.06. The zero-order chi connectivity index (χ0) is 26.3. The van der Waals surface area contributed by atoms with E-state index >= 15 is 0 Å². The molecule has 0 radical (unpaired) electrons. The van der Waals surface area contributed by atoms with Crippen LogP contribution in [0.15, 0.2) is 71.6 Å². The number of ether oxygens (including phenoxy) is 1. The Balaban J connectivity index is 1.31. The van der Waals surface area contributed by atoms with Crippen molar-refractivity contribution in [3.05, 3.63) is 83.7 Å². The highest BCUT2D eigenvalue weighted by molar-refractivity contribution is 7.92. The highest BCUT2D eigenvalue weighted by atomic mass is 32.2. The van der Waals surface area contributed by atoms with Crippen molar-refractivity contribution in [2.45, 2.75) is 36.7 Å². The average molecular weight is 552 g/mol. The maximum atomic E-state index is 14.3. The molecule has 196 valence electrons. The molecule has 38 heavy (non-hydrogen) atoms. The Bertz CT molecular complexity index is 1600. The Kier molecular flexibility index (Phi) is 6.63. The Morgan fingerprint density at radius 2 is 1.89 bits per heavy atom. The number of halogens is 1. The SMILES string of the molecule is O=C(c1ccc(S(=O)(=O)N2CCCc3ccccc32)cc1)N(CC1CCCO1)c1nc2c(F)cccc2s1. The molecule has 0 spiro atoms. The normalized spacial score (nSPS) is 17.5. The smallest absolute Gasteiger partial charge is 0.264 e. The standard InChI is InChI=1S/C28H26FN3O4S2/c29-23-9-3-11-25-26(23)30-28(37-25)31(18-21-8-5-17-36-21)27(33)20-12-14-22(15-13-20)38(34,35)32-16-4-7-19-6-1-2-10-24(19)32/h1-3,6,9-15,21H,4-5,7-8,16-18H2. The first-order valence-electron chi connectivity index (χ1n) is 12.6. The summed E-state index contributed by atoms with van der Waals surface area (Å²) in [6, 6.07) is 18.3.